The minimum absolute atomic E-state index is 0.161. The number of ether oxygens (including phenoxy) is 3. The highest BCUT2D eigenvalue weighted by molar-refractivity contribution is 6.17. The van der Waals surface area contributed by atoms with Crippen LogP contribution in [-0.4, -0.2) is 37.3 Å². The number of carboxylic acids is 1. The van der Waals surface area contributed by atoms with Gasteiger partial charge in [0.15, 0.2) is 0 Å². The first kappa shape index (κ1) is 21.5. The van der Waals surface area contributed by atoms with Crippen LogP contribution in [0.5, 0.6) is 17.2 Å². The van der Waals surface area contributed by atoms with Crippen molar-refractivity contribution in [1.82, 2.24) is 0 Å². The average molecular weight is 435 g/mol. The SMILES string of the molecule is CCOc1c2c(c(OCC)c3ccccc13)C(=O)N(c1ccc(CC(=O)O)c(OC)c1)C2. The Labute approximate surface area is 186 Å². The van der Waals surface area contributed by atoms with Gasteiger partial charge >= 0.3 is 5.97 Å². The number of carbonyl (C=O) groups excluding carboxylic acids is 1. The van der Waals surface area contributed by atoms with E-state index in [0.717, 1.165) is 16.3 Å². The predicted octanol–water partition coefficient (Wildman–Crippen LogP) is 4.43. The van der Waals surface area contributed by atoms with Crippen LogP contribution in [0.1, 0.15) is 35.3 Å². The largest absolute Gasteiger partial charge is 0.496 e. The van der Waals surface area contributed by atoms with Crippen molar-refractivity contribution >= 4 is 28.3 Å². The fourth-order valence-corrected chi connectivity index (χ4v) is 4.19. The summed E-state index contributed by atoms with van der Waals surface area (Å²) < 4.78 is 17.4. The van der Waals surface area contributed by atoms with Gasteiger partial charge < -0.3 is 24.2 Å². The van der Waals surface area contributed by atoms with Crippen LogP contribution in [-0.2, 0) is 17.8 Å². The van der Waals surface area contributed by atoms with E-state index in [1.165, 1.54) is 7.11 Å². The molecule has 166 valence electrons. The van der Waals surface area contributed by atoms with Crippen LogP contribution in [0.2, 0.25) is 0 Å². The van der Waals surface area contributed by atoms with Crippen LogP contribution in [0, 0.1) is 0 Å². The molecule has 32 heavy (non-hydrogen) atoms. The Morgan fingerprint density at radius 1 is 1.03 bits per heavy atom. The monoisotopic (exact) mass is 435 g/mol. The van der Waals surface area contributed by atoms with Crippen molar-refractivity contribution < 1.29 is 28.9 Å². The molecule has 0 atom stereocenters. The van der Waals surface area contributed by atoms with E-state index in [-0.39, 0.29) is 12.3 Å². The number of rotatable bonds is 8. The van der Waals surface area contributed by atoms with E-state index in [2.05, 4.69) is 0 Å². The zero-order valence-electron chi connectivity index (χ0n) is 18.3. The first-order valence-corrected chi connectivity index (χ1v) is 10.5. The minimum Gasteiger partial charge on any atom is -0.496 e. The Kier molecular flexibility index (Phi) is 5.90. The Hall–Kier alpha value is -3.74. The van der Waals surface area contributed by atoms with Gasteiger partial charge in [0.1, 0.15) is 17.2 Å². The highest BCUT2D eigenvalue weighted by Crippen LogP contribution is 2.46. The van der Waals surface area contributed by atoms with E-state index < -0.39 is 5.97 Å². The zero-order valence-corrected chi connectivity index (χ0v) is 18.3. The van der Waals surface area contributed by atoms with Crippen molar-refractivity contribution in [1.29, 1.82) is 0 Å². The molecule has 0 radical (unpaired) electrons. The van der Waals surface area contributed by atoms with Gasteiger partial charge in [0, 0.05) is 33.7 Å². The molecule has 1 aliphatic heterocycles. The summed E-state index contributed by atoms with van der Waals surface area (Å²) >= 11 is 0. The highest BCUT2D eigenvalue weighted by atomic mass is 16.5. The number of carbonyl (C=O) groups is 2. The van der Waals surface area contributed by atoms with Gasteiger partial charge in [0.25, 0.3) is 5.91 Å². The summed E-state index contributed by atoms with van der Waals surface area (Å²) in [6.07, 6.45) is -0.161. The number of hydrogen-bond donors (Lipinski definition) is 1. The maximum Gasteiger partial charge on any atom is 0.307 e. The average Bonchev–Trinajstić information content (AvgIpc) is 3.13. The van der Waals surface area contributed by atoms with Crippen LogP contribution in [0.4, 0.5) is 5.69 Å². The van der Waals surface area contributed by atoms with Gasteiger partial charge in [-0.2, -0.15) is 0 Å². The summed E-state index contributed by atoms with van der Waals surface area (Å²) in [6.45, 7) is 5.01. The van der Waals surface area contributed by atoms with E-state index in [1.807, 2.05) is 38.1 Å². The number of benzene rings is 3. The molecule has 1 N–H and O–H groups in total. The summed E-state index contributed by atoms with van der Waals surface area (Å²) in [5.41, 5.74) is 2.45. The van der Waals surface area contributed by atoms with E-state index in [1.54, 1.807) is 23.1 Å². The van der Waals surface area contributed by atoms with E-state index in [9.17, 15) is 9.59 Å². The van der Waals surface area contributed by atoms with E-state index in [4.69, 9.17) is 19.3 Å². The summed E-state index contributed by atoms with van der Waals surface area (Å²) in [5.74, 6) is 0.530. The summed E-state index contributed by atoms with van der Waals surface area (Å²) in [7, 11) is 1.48. The van der Waals surface area contributed by atoms with Gasteiger partial charge in [-0.25, -0.2) is 0 Å². The normalized spacial score (nSPS) is 12.7. The fourth-order valence-electron chi connectivity index (χ4n) is 4.19. The molecule has 4 rings (SSSR count). The lowest BCUT2D eigenvalue weighted by Gasteiger charge is -2.18. The minimum atomic E-state index is -0.949. The van der Waals surface area contributed by atoms with Crippen molar-refractivity contribution in [3.63, 3.8) is 0 Å². The van der Waals surface area contributed by atoms with Crippen molar-refractivity contribution in [3.05, 3.63) is 59.2 Å². The van der Waals surface area contributed by atoms with Gasteiger partial charge in [-0.3, -0.25) is 9.59 Å². The number of methoxy groups -OCH3 is 1. The lowest BCUT2D eigenvalue weighted by atomic mass is 9.99. The molecule has 0 saturated heterocycles. The van der Waals surface area contributed by atoms with Crippen molar-refractivity contribution in [2.24, 2.45) is 0 Å². The predicted molar refractivity (Wildman–Crippen MR) is 121 cm³/mol. The zero-order chi connectivity index (χ0) is 22.8. The Morgan fingerprint density at radius 2 is 1.69 bits per heavy atom. The van der Waals surface area contributed by atoms with Crippen LogP contribution >= 0.6 is 0 Å². The number of anilines is 1. The Balaban J connectivity index is 1.86. The maximum atomic E-state index is 13.6. The molecule has 0 saturated carbocycles. The van der Waals surface area contributed by atoms with Gasteiger partial charge in [-0.05, 0) is 19.9 Å². The third-order valence-corrected chi connectivity index (χ3v) is 5.50. The van der Waals surface area contributed by atoms with Gasteiger partial charge in [-0.1, -0.05) is 30.3 Å². The number of fused-ring (bicyclic) bond motifs is 2. The smallest absolute Gasteiger partial charge is 0.307 e. The second kappa shape index (κ2) is 8.78. The number of nitrogens with zero attached hydrogens (tertiary/aromatic N) is 1. The summed E-state index contributed by atoms with van der Waals surface area (Å²) in [4.78, 5) is 26.4. The quantitative estimate of drug-likeness (QED) is 0.563. The molecular formula is C25H25NO6. The van der Waals surface area contributed by atoms with Crippen LogP contribution < -0.4 is 19.1 Å². The number of carboxylic acid groups (broad SMARTS) is 1. The second-order valence-corrected chi connectivity index (χ2v) is 7.38. The molecule has 0 unspecified atom stereocenters. The molecule has 1 aliphatic rings. The van der Waals surface area contributed by atoms with Crippen molar-refractivity contribution in [2.45, 2.75) is 26.8 Å². The van der Waals surface area contributed by atoms with Gasteiger partial charge in [0.05, 0.1) is 38.9 Å². The Bertz CT molecular complexity index is 1200. The molecule has 7 nitrogen and oxygen atoms in total. The molecule has 0 bridgehead atoms. The lowest BCUT2D eigenvalue weighted by Crippen LogP contribution is -2.23. The van der Waals surface area contributed by atoms with Crippen LogP contribution in [0.15, 0.2) is 42.5 Å². The molecule has 0 aromatic heterocycles. The van der Waals surface area contributed by atoms with Crippen LogP contribution in [0.25, 0.3) is 10.8 Å². The first-order chi connectivity index (χ1) is 15.5. The number of hydrogen-bond acceptors (Lipinski definition) is 5. The highest BCUT2D eigenvalue weighted by Gasteiger charge is 2.37. The van der Waals surface area contributed by atoms with Gasteiger partial charge in [-0.15, -0.1) is 0 Å². The van der Waals surface area contributed by atoms with E-state index >= 15 is 0 Å². The summed E-state index contributed by atoms with van der Waals surface area (Å²) in [5, 5.41) is 10.9. The maximum absolute atomic E-state index is 13.6. The summed E-state index contributed by atoms with van der Waals surface area (Å²) in [6, 6.07) is 12.9. The lowest BCUT2D eigenvalue weighted by molar-refractivity contribution is -0.136. The molecule has 0 spiro atoms. The molecule has 0 fully saturated rings. The van der Waals surface area contributed by atoms with Gasteiger partial charge in [0.2, 0.25) is 0 Å². The fraction of sp³-hybridized carbons (Fsp3) is 0.280. The second-order valence-electron chi connectivity index (χ2n) is 7.38. The molecule has 0 aliphatic carbocycles. The molecule has 3 aromatic rings. The number of aliphatic carboxylic acids is 1. The van der Waals surface area contributed by atoms with Crippen molar-refractivity contribution in [3.8, 4) is 17.2 Å². The number of amides is 1. The molecular weight excluding hydrogens is 410 g/mol. The third kappa shape index (κ3) is 3.60. The molecule has 7 heteroatoms. The first-order valence-electron chi connectivity index (χ1n) is 10.5. The molecule has 3 aromatic carbocycles. The molecule has 1 heterocycles. The topological polar surface area (TPSA) is 85.3 Å². The van der Waals surface area contributed by atoms with Crippen molar-refractivity contribution in [2.75, 3.05) is 25.2 Å². The molecule has 1 amide bonds. The van der Waals surface area contributed by atoms with E-state index in [0.29, 0.717) is 53.8 Å². The third-order valence-electron chi connectivity index (χ3n) is 5.50. The Morgan fingerprint density at radius 3 is 2.31 bits per heavy atom. The standard InChI is InChI=1S/C25H25NO6/c1-4-31-23-17-8-6-7-9-18(17)24(32-5-2)22-19(23)14-26(25(22)29)16-11-10-15(12-21(27)28)20(13-16)30-3/h6-11,13H,4-5,12,14H2,1-3H3,(H,27,28). The van der Waals surface area contributed by atoms with Crippen LogP contribution in [0.3, 0.4) is 0 Å².